The summed E-state index contributed by atoms with van der Waals surface area (Å²) in [6, 6.07) is 6.22. The van der Waals surface area contributed by atoms with Crippen LogP contribution in [0.5, 0.6) is 5.75 Å². The lowest BCUT2D eigenvalue weighted by Crippen LogP contribution is -2.37. The minimum atomic E-state index is -2.75. The van der Waals surface area contributed by atoms with Crippen molar-refractivity contribution >= 4 is 17.6 Å². The van der Waals surface area contributed by atoms with Gasteiger partial charge in [0.2, 0.25) is 0 Å². The maximum absolute atomic E-state index is 13.7. The fraction of sp³-hybridized carbons (Fsp3) is 0.167. The van der Waals surface area contributed by atoms with Gasteiger partial charge in [0.05, 0.1) is 12.1 Å². The molecule has 0 bridgehead atoms. The first-order valence-electron chi connectivity index (χ1n) is 7.64. The number of rotatable bonds is 4. The number of alkyl halides is 2. The van der Waals surface area contributed by atoms with Crippen molar-refractivity contribution < 1.29 is 23.1 Å². The zero-order chi connectivity index (χ0) is 20.1. The summed E-state index contributed by atoms with van der Waals surface area (Å²) >= 11 is 0. The number of phenolic OH excluding ortho intramolecular Hbond substituents is 1. The predicted molar refractivity (Wildman–Crippen MR) is 94.5 cm³/mol. The molecule has 6 nitrogen and oxygen atoms in total. The van der Waals surface area contributed by atoms with Gasteiger partial charge in [-0.1, -0.05) is 12.1 Å². The second kappa shape index (κ2) is 8.23. The van der Waals surface area contributed by atoms with Crippen LogP contribution in [0.1, 0.15) is 15.9 Å². The van der Waals surface area contributed by atoms with E-state index >= 15 is 0 Å². The molecule has 0 aliphatic heterocycles. The number of carbonyl (C=O) groups excluding carboxylic acids is 1. The van der Waals surface area contributed by atoms with E-state index < -0.39 is 36.4 Å². The largest absolute Gasteiger partial charge is 0.507 e. The highest BCUT2D eigenvalue weighted by Crippen LogP contribution is 2.40. The van der Waals surface area contributed by atoms with Crippen molar-refractivity contribution in [3.8, 4) is 16.9 Å². The number of amides is 1. The van der Waals surface area contributed by atoms with E-state index in [1.54, 1.807) is 6.92 Å². The topological polar surface area (TPSA) is 92.1 Å². The molecule has 0 unspecified atom stereocenters. The fourth-order valence-electron chi connectivity index (χ4n) is 2.43. The van der Waals surface area contributed by atoms with E-state index in [4.69, 9.17) is 12.3 Å². The summed E-state index contributed by atoms with van der Waals surface area (Å²) in [5.74, 6) is -2.62. The van der Waals surface area contributed by atoms with E-state index in [9.17, 15) is 23.1 Å². The van der Waals surface area contributed by atoms with Gasteiger partial charge in [0.15, 0.2) is 11.6 Å². The van der Waals surface area contributed by atoms with Gasteiger partial charge in [-0.15, -0.1) is 0 Å². The summed E-state index contributed by atoms with van der Waals surface area (Å²) in [5.41, 5.74) is 5.84. The number of carbonyl (C=O) groups is 1. The van der Waals surface area contributed by atoms with Gasteiger partial charge in [-0.25, -0.2) is 23.0 Å². The Morgan fingerprint density at radius 1 is 1.37 bits per heavy atom. The lowest BCUT2D eigenvalue weighted by Gasteiger charge is -2.15. The van der Waals surface area contributed by atoms with Crippen molar-refractivity contribution in [1.82, 2.24) is 5.32 Å². The number of hydrogen-bond donors (Lipinski definition) is 3. The van der Waals surface area contributed by atoms with Crippen molar-refractivity contribution in [3.05, 3.63) is 58.7 Å². The van der Waals surface area contributed by atoms with Crippen molar-refractivity contribution in [1.29, 1.82) is 0 Å². The van der Waals surface area contributed by atoms with Crippen LogP contribution in [0.15, 0.2) is 35.3 Å². The zero-order valence-electron chi connectivity index (χ0n) is 14.1. The number of benzene rings is 2. The third kappa shape index (κ3) is 4.55. The first-order chi connectivity index (χ1) is 12.7. The number of nitrogens with zero attached hydrogens (tertiary/aromatic N) is 2. The molecule has 0 aliphatic carbocycles. The average molecular weight is 376 g/mol. The van der Waals surface area contributed by atoms with Gasteiger partial charge < -0.3 is 10.8 Å². The van der Waals surface area contributed by atoms with Crippen LogP contribution in [-0.4, -0.2) is 29.9 Å². The van der Waals surface area contributed by atoms with Crippen molar-refractivity contribution in [3.63, 3.8) is 0 Å². The molecule has 9 heteroatoms. The lowest BCUT2D eigenvalue weighted by atomic mass is 9.93. The Kier molecular flexibility index (Phi) is 6.03. The summed E-state index contributed by atoms with van der Waals surface area (Å²) in [6.45, 7) is 8.05. The van der Waals surface area contributed by atoms with Crippen molar-refractivity contribution in [2.45, 2.75) is 13.3 Å². The Hall–Kier alpha value is -3.54. The van der Waals surface area contributed by atoms with E-state index in [1.807, 2.05) is 0 Å². The summed E-state index contributed by atoms with van der Waals surface area (Å²) in [4.78, 5) is 19.2. The highest BCUT2D eigenvalue weighted by Gasteiger charge is 2.23. The van der Waals surface area contributed by atoms with Gasteiger partial charge in [-0.2, -0.15) is 0 Å². The molecular formula is C18H15F3N4O2. The highest BCUT2D eigenvalue weighted by molar-refractivity contribution is 6.12. The number of guanidine groups is 1. The van der Waals surface area contributed by atoms with Gasteiger partial charge >= 0.3 is 0 Å². The van der Waals surface area contributed by atoms with E-state index in [0.717, 1.165) is 12.1 Å². The third-order valence-corrected chi connectivity index (χ3v) is 3.62. The number of nitrogens with two attached hydrogens (primary N) is 1. The molecule has 0 radical (unpaired) electrons. The summed E-state index contributed by atoms with van der Waals surface area (Å²) in [7, 11) is 0. The Morgan fingerprint density at radius 3 is 2.70 bits per heavy atom. The molecular weight excluding hydrogens is 361 g/mol. The quantitative estimate of drug-likeness (QED) is 0.434. The van der Waals surface area contributed by atoms with Crippen molar-refractivity contribution in [2.75, 3.05) is 6.54 Å². The number of aliphatic imine (C=N–C) groups is 1. The zero-order valence-corrected chi connectivity index (χ0v) is 14.1. The highest BCUT2D eigenvalue weighted by atomic mass is 19.3. The Bertz CT molecular complexity index is 952. The number of aromatic hydroxyl groups is 1. The second-order valence-electron chi connectivity index (χ2n) is 5.50. The second-order valence-corrected chi connectivity index (χ2v) is 5.50. The van der Waals surface area contributed by atoms with Crippen LogP contribution in [0.4, 0.5) is 18.9 Å². The van der Waals surface area contributed by atoms with Crippen LogP contribution in [-0.2, 0) is 0 Å². The van der Waals surface area contributed by atoms with Gasteiger partial charge in [0, 0.05) is 5.56 Å². The van der Waals surface area contributed by atoms with Crippen LogP contribution in [0.25, 0.3) is 16.0 Å². The standard InChI is InChI=1S/C18H15F3N4O2/c1-9-3-4-10(19)7-11(9)15-12(23-2)5-6-13(26)16(15)17(27)25-18(22)24-8-14(20)21/h3-7,14,26H,8H2,1H3,(H3,22,24,25,27). The maximum atomic E-state index is 13.7. The van der Waals surface area contributed by atoms with E-state index in [1.165, 1.54) is 18.2 Å². The maximum Gasteiger partial charge on any atom is 0.261 e. The summed E-state index contributed by atoms with van der Waals surface area (Å²) in [6.07, 6.45) is -2.75. The van der Waals surface area contributed by atoms with Crippen LogP contribution in [0.2, 0.25) is 0 Å². The predicted octanol–water partition coefficient (Wildman–Crippen LogP) is 3.37. The molecule has 0 atom stereocenters. The number of aryl methyl sites for hydroxylation is 1. The van der Waals surface area contributed by atoms with Crippen LogP contribution >= 0.6 is 0 Å². The van der Waals surface area contributed by atoms with Crippen LogP contribution in [0, 0.1) is 19.3 Å². The minimum Gasteiger partial charge on any atom is -0.507 e. The average Bonchev–Trinajstić information content (AvgIpc) is 2.61. The molecule has 0 heterocycles. The molecule has 0 spiro atoms. The van der Waals surface area contributed by atoms with E-state index in [0.29, 0.717) is 5.56 Å². The Labute approximate surface area is 153 Å². The van der Waals surface area contributed by atoms with Crippen LogP contribution in [0.3, 0.4) is 0 Å². The van der Waals surface area contributed by atoms with Gasteiger partial charge in [0.1, 0.15) is 18.1 Å². The molecule has 0 saturated carbocycles. The summed E-state index contributed by atoms with van der Waals surface area (Å²) < 4.78 is 38.1. The van der Waals surface area contributed by atoms with Gasteiger partial charge in [-0.3, -0.25) is 10.1 Å². The number of halogens is 3. The smallest absolute Gasteiger partial charge is 0.261 e. The molecule has 27 heavy (non-hydrogen) atoms. The Morgan fingerprint density at radius 2 is 2.07 bits per heavy atom. The number of nitrogens with one attached hydrogen (secondary N) is 1. The first-order valence-corrected chi connectivity index (χ1v) is 7.64. The molecule has 0 aliphatic rings. The monoisotopic (exact) mass is 376 g/mol. The normalized spacial score (nSPS) is 11.3. The molecule has 0 aromatic heterocycles. The summed E-state index contributed by atoms with van der Waals surface area (Å²) in [5, 5.41) is 12.3. The van der Waals surface area contributed by atoms with E-state index in [2.05, 4.69) is 15.2 Å². The Balaban J connectivity index is 2.60. The van der Waals surface area contributed by atoms with E-state index in [-0.39, 0.29) is 22.4 Å². The molecule has 2 rings (SSSR count). The first kappa shape index (κ1) is 19.8. The third-order valence-electron chi connectivity index (χ3n) is 3.62. The lowest BCUT2D eigenvalue weighted by molar-refractivity contribution is 0.0974. The molecule has 1 amide bonds. The molecule has 0 fully saturated rings. The minimum absolute atomic E-state index is 0.00107. The van der Waals surface area contributed by atoms with Crippen LogP contribution < -0.4 is 11.1 Å². The number of hydrogen-bond acceptors (Lipinski definition) is 3. The van der Waals surface area contributed by atoms with Gasteiger partial charge in [0.25, 0.3) is 12.3 Å². The molecule has 4 N–H and O–H groups in total. The van der Waals surface area contributed by atoms with Crippen molar-refractivity contribution in [2.24, 2.45) is 10.7 Å². The fourth-order valence-corrected chi connectivity index (χ4v) is 2.43. The van der Waals surface area contributed by atoms with Gasteiger partial charge in [-0.05, 0) is 36.2 Å². The molecule has 0 saturated heterocycles. The molecule has 2 aromatic carbocycles. The number of phenols is 1. The molecule has 140 valence electrons. The SMILES string of the molecule is [C-]#[N+]c1ccc(O)c(C(=O)NC(N)=NCC(F)F)c1-c1cc(F)ccc1C. The molecule has 2 aromatic rings.